The molecule has 0 spiro atoms. The molecular formula is C16H28N2O4. The van der Waals surface area contributed by atoms with Gasteiger partial charge in [-0.1, -0.05) is 19.6 Å². The second-order valence-electron chi connectivity index (χ2n) is 4.93. The Hall–Kier alpha value is -1.66. The fourth-order valence-corrected chi connectivity index (χ4v) is 1.47. The third-order valence-corrected chi connectivity index (χ3v) is 2.69. The quantitative estimate of drug-likeness (QED) is 0.320. The molecule has 126 valence electrons. The number of esters is 2. The number of nitrogens with one attached hydrogen (secondary N) is 2. The molecule has 0 rings (SSSR count). The lowest BCUT2D eigenvalue weighted by molar-refractivity contribution is -0.139. The lowest BCUT2D eigenvalue weighted by Gasteiger charge is -2.11. The van der Waals surface area contributed by atoms with Gasteiger partial charge in [-0.25, -0.2) is 9.59 Å². The molecular weight excluding hydrogens is 284 g/mol. The van der Waals surface area contributed by atoms with Gasteiger partial charge in [-0.05, 0) is 26.8 Å². The van der Waals surface area contributed by atoms with E-state index in [1.165, 1.54) is 6.08 Å². The Balaban J connectivity index is 3.64. The predicted molar refractivity (Wildman–Crippen MR) is 86.5 cm³/mol. The van der Waals surface area contributed by atoms with Crippen LogP contribution >= 0.6 is 0 Å². The summed E-state index contributed by atoms with van der Waals surface area (Å²) in [6, 6.07) is 0.175. The normalized spacial score (nSPS) is 12.1. The van der Waals surface area contributed by atoms with Gasteiger partial charge in [0.25, 0.3) is 0 Å². The fraction of sp³-hybridized carbons (Fsp3) is 0.625. The lowest BCUT2D eigenvalue weighted by atomic mass is 10.2. The molecule has 0 bridgehead atoms. The number of hydrogen-bond acceptors (Lipinski definition) is 6. The molecule has 0 aliphatic carbocycles. The number of hydrogen-bond donors (Lipinski definition) is 2. The molecule has 0 aromatic rings. The van der Waals surface area contributed by atoms with Crippen LogP contribution in [-0.2, 0) is 19.1 Å². The van der Waals surface area contributed by atoms with E-state index < -0.39 is 0 Å². The van der Waals surface area contributed by atoms with Gasteiger partial charge in [0.2, 0.25) is 0 Å². The molecule has 0 fully saturated rings. The molecule has 6 nitrogen and oxygen atoms in total. The Labute approximate surface area is 132 Å². The smallest absolute Gasteiger partial charge is 0.333 e. The first kappa shape index (κ1) is 20.3. The van der Waals surface area contributed by atoms with Crippen molar-refractivity contribution in [1.29, 1.82) is 0 Å². The van der Waals surface area contributed by atoms with Crippen LogP contribution in [0.25, 0.3) is 0 Å². The lowest BCUT2D eigenvalue weighted by Crippen LogP contribution is -2.29. The van der Waals surface area contributed by atoms with Gasteiger partial charge >= 0.3 is 11.9 Å². The van der Waals surface area contributed by atoms with Gasteiger partial charge < -0.3 is 20.1 Å². The van der Waals surface area contributed by atoms with E-state index >= 15 is 0 Å². The molecule has 1 atom stereocenters. The fourth-order valence-electron chi connectivity index (χ4n) is 1.47. The molecule has 0 aromatic heterocycles. The summed E-state index contributed by atoms with van der Waals surface area (Å²) in [5.74, 6) is -0.713. The highest BCUT2D eigenvalue weighted by Gasteiger charge is 2.03. The van der Waals surface area contributed by atoms with Crippen molar-refractivity contribution in [3.8, 4) is 0 Å². The zero-order valence-electron chi connectivity index (χ0n) is 13.8. The minimum Gasteiger partial charge on any atom is -0.461 e. The maximum absolute atomic E-state index is 11.4. The minimum atomic E-state index is -0.380. The molecule has 1 unspecified atom stereocenters. The van der Waals surface area contributed by atoms with Crippen LogP contribution in [0.4, 0.5) is 0 Å². The Morgan fingerprint density at radius 2 is 1.91 bits per heavy atom. The minimum absolute atomic E-state index is 0.175. The molecule has 0 aromatic carbocycles. The van der Waals surface area contributed by atoms with Crippen molar-refractivity contribution in [3.63, 3.8) is 0 Å². The summed E-state index contributed by atoms with van der Waals surface area (Å²) < 4.78 is 9.96. The van der Waals surface area contributed by atoms with Crippen molar-refractivity contribution in [2.75, 3.05) is 32.8 Å². The summed E-state index contributed by atoms with van der Waals surface area (Å²) in [5, 5.41) is 6.26. The monoisotopic (exact) mass is 312 g/mol. The maximum atomic E-state index is 11.4. The molecule has 0 saturated heterocycles. The van der Waals surface area contributed by atoms with Gasteiger partial charge in [-0.2, -0.15) is 0 Å². The maximum Gasteiger partial charge on any atom is 0.333 e. The Morgan fingerprint density at radius 1 is 1.23 bits per heavy atom. The van der Waals surface area contributed by atoms with Gasteiger partial charge in [-0.15, -0.1) is 0 Å². The summed E-state index contributed by atoms with van der Waals surface area (Å²) in [4.78, 5) is 22.5. The number of carbonyl (C=O) groups excluding carboxylic acids is 2. The van der Waals surface area contributed by atoms with Crippen LogP contribution in [0.2, 0.25) is 0 Å². The van der Waals surface area contributed by atoms with Crippen LogP contribution in [0.1, 0.15) is 27.2 Å². The highest BCUT2D eigenvalue weighted by molar-refractivity contribution is 5.86. The van der Waals surface area contributed by atoms with Gasteiger partial charge in [0.1, 0.15) is 13.2 Å². The third-order valence-electron chi connectivity index (χ3n) is 2.69. The van der Waals surface area contributed by atoms with Crippen molar-refractivity contribution in [3.05, 3.63) is 24.3 Å². The van der Waals surface area contributed by atoms with Crippen molar-refractivity contribution in [2.45, 2.75) is 33.2 Å². The molecule has 0 saturated carbocycles. The van der Waals surface area contributed by atoms with Crippen molar-refractivity contribution in [2.24, 2.45) is 0 Å². The highest BCUT2D eigenvalue weighted by Crippen LogP contribution is 1.94. The first-order valence-corrected chi connectivity index (χ1v) is 7.57. The first-order valence-electron chi connectivity index (χ1n) is 7.57. The molecule has 0 heterocycles. The van der Waals surface area contributed by atoms with Crippen LogP contribution in [0.5, 0.6) is 0 Å². The summed E-state index contributed by atoms with van der Waals surface area (Å²) in [6.45, 7) is 11.9. The van der Waals surface area contributed by atoms with Gasteiger partial charge in [0, 0.05) is 30.8 Å². The second kappa shape index (κ2) is 13.0. The standard InChI is InChI=1S/C16H28N2O4/c1-5-17-9-11-21-15(19)8-6-7-14(4)18-10-12-22-16(20)13(2)3/h6,8,14,17-18H,2,5,7,9-12H2,1,3-4H3/b8-6-. The van der Waals surface area contributed by atoms with E-state index in [1.807, 2.05) is 13.8 Å². The van der Waals surface area contributed by atoms with Crippen LogP contribution < -0.4 is 10.6 Å². The molecule has 2 N–H and O–H groups in total. The molecule has 6 heteroatoms. The zero-order valence-corrected chi connectivity index (χ0v) is 13.8. The zero-order chi connectivity index (χ0) is 16.8. The van der Waals surface area contributed by atoms with Crippen LogP contribution in [0.15, 0.2) is 24.3 Å². The first-order chi connectivity index (χ1) is 10.5. The molecule has 0 radical (unpaired) electrons. The second-order valence-corrected chi connectivity index (χ2v) is 4.93. The Kier molecular flexibility index (Phi) is 12.1. The largest absolute Gasteiger partial charge is 0.461 e. The van der Waals surface area contributed by atoms with Crippen molar-refractivity contribution in [1.82, 2.24) is 10.6 Å². The van der Waals surface area contributed by atoms with E-state index in [0.29, 0.717) is 38.3 Å². The van der Waals surface area contributed by atoms with Crippen LogP contribution in [0.3, 0.4) is 0 Å². The van der Waals surface area contributed by atoms with E-state index in [1.54, 1.807) is 13.0 Å². The van der Waals surface area contributed by atoms with Gasteiger partial charge in [0.15, 0.2) is 0 Å². The van der Waals surface area contributed by atoms with E-state index in [0.717, 1.165) is 6.54 Å². The Morgan fingerprint density at radius 3 is 2.55 bits per heavy atom. The number of rotatable bonds is 12. The summed E-state index contributed by atoms with van der Waals surface area (Å²) in [7, 11) is 0. The van der Waals surface area contributed by atoms with Crippen LogP contribution in [0, 0.1) is 0 Å². The predicted octanol–water partition coefficient (Wildman–Crippen LogP) is 1.18. The highest BCUT2D eigenvalue weighted by atomic mass is 16.5. The van der Waals surface area contributed by atoms with E-state index in [2.05, 4.69) is 17.2 Å². The molecule has 0 aliphatic heterocycles. The van der Waals surface area contributed by atoms with Crippen LogP contribution in [-0.4, -0.2) is 50.8 Å². The number of likely N-dealkylation sites (N-methyl/N-ethyl adjacent to an activating group) is 1. The third kappa shape index (κ3) is 12.1. The molecule has 0 amide bonds. The van der Waals surface area contributed by atoms with Gasteiger partial charge in [0.05, 0.1) is 0 Å². The SMILES string of the molecule is C=C(C)C(=O)OCCNC(C)C/C=C\C(=O)OCCNCC. The topological polar surface area (TPSA) is 76.7 Å². The van der Waals surface area contributed by atoms with E-state index in [-0.39, 0.29) is 18.0 Å². The van der Waals surface area contributed by atoms with Crippen molar-refractivity contribution >= 4 is 11.9 Å². The summed E-state index contributed by atoms with van der Waals surface area (Å²) >= 11 is 0. The van der Waals surface area contributed by atoms with Crippen molar-refractivity contribution < 1.29 is 19.1 Å². The number of ether oxygens (including phenoxy) is 2. The number of carbonyl (C=O) groups is 2. The van der Waals surface area contributed by atoms with E-state index in [9.17, 15) is 9.59 Å². The summed E-state index contributed by atoms with van der Waals surface area (Å²) in [6.07, 6.45) is 3.90. The van der Waals surface area contributed by atoms with E-state index in [4.69, 9.17) is 9.47 Å². The average Bonchev–Trinajstić information content (AvgIpc) is 2.47. The molecule has 22 heavy (non-hydrogen) atoms. The summed E-state index contributed by atoms with van der Waals surface area (Å²) in [5.41, 5.74) is 0.392. The average molecular weight is 312 g/mol. The Bertz CT molecular complexity index is 380. The molecule has 0 aliphatic rings. The van der Waals surface area contributed by atoms with Gasteiger partial charge in [-0.3, -0.25) is 0 Å².